The first kappa shape index (κ1) is 18.3. The number of rotatable bonds is 6. The van der Waals surface area contributed by atoms with Crippen LogP contribution in [-0.4, -0.2) is 20.9 Å². The smallest absolute Gasteiger partial charge is 0.325 e. The molecule has 0 saturated heterocycles. The zero-order valence-corrected chi connectivity index (χ0v) is 14.9. The van der Waals surface area contributed by atoms with Gasteiger partial charge in [-0.05, 0) is 31.0 Å². The van der Waals surface area contributed by atoms with Gasteiger partial charge in [0.05, 0.1) is 11.7 Å². The number of H-pyrrole nitrogens is 2. The highest BCUT2D eigenvalue weighted by atomic mass is 16.2. The third kappa shape index (κ3) is 4.58. The Morgan fingerprint density at radius 3 is 2.48 bits per heavy atom. The summed E-state index contributed by atoms with van der Waals surface area (Å²) < 4.78 is 0. The summed E-state index contributed by atoms with van der Waals surface area (Å²) in [5, 5.41) is 2.98. The Morgan fingerprint density at radius 2 is 1.81 bits per heavy atom. The van der Waals surface area contributed by atoms with Crippen molar-refractivity contribution < 1.29 is 4.79 Å². The van der Waals surface area contributed by atoms with E-state index in [1.165, 1.54) is 0 Å². The van der Waals surface area contributed by atoms with Crippen molar-refractivity contribution in [1.82, 2.24) is 20.3 Å². The molecule has 0 saturated carbocycles. The molecule has 3 rings (SSSR count). The quantitative estimate of drug-likeness (QED) is 0.617. The molecule has 0 aliphatic rings. The summed E-state index contributed by atoms with van der Waals surface area (Å²) in [6.45, 7) is 1.64. The number of hydrogen-bond acceptors (Lipinski definition) is 4. The molecule has 0 aliphatic heterocycles. The number of carbonyl (C=O) groups excluding carboxylic acids is 1. The van der Waals surface area contributed by atoms with Gasteiger partial charge in [-0.1, -0.05) is 36.4 Å². The highest BCUT2D eigenvalue weighted by molar-refractivity contribution is 5.77. The molecule has 0 aliphatic carbocycles. The Bertz CT molecular complexity index is 987. The maximum atomic E-state index is 12.5. The van der Waals surface area contributed by atoms with E-state index in [0.29, 0.717) is 11.3 Å². The molecule has 3 aromatic rings. The highest BCUT2D eigenvalue weighted by Gasteiger charge is 2.18. The van der Waals surface area contributed by atoms with E-state index in [2.05, 4.69) is 20.3 Å². The molecule has 7 heteroatoms. The molecule has 0 spiro atoms. The van der Waals surface area contributed by atoms with E-state index in [1.807, 2.05) is 48.5 Å². The number of aromatic nitrogens is 3. The molecule has 1 amide bonds. The second-order valence-corrected chi connectivity index (χ2v) is 6.18. The molecule has 0 fully saturated rings. The van der Waals surface area contributed by atoms with E-state index >= 15 is 0 Å². The summed E-state index contributed by atoms with van der Waals surface area (Å²) >= 11 is 0. The van der Waals surface area contributed by atoms with Gasteiger partial charge in [0, 0.05) is 23.9 Å². The van der Waals surface area contributed by atoms with E-state index < -0.39 is 11.2 Å². The third-order valence-electron chi connectivity index (χ3n) is 4.28. The predicted octanol–water partition coefficient (Wildman–Crippen LogP) is 1.61. The minimum Gasteiger partial charge on any atom is -0.344 e. The van der Waals surface area contributed by atoms with Gasteiger partial charge in [0.2, 0.25) is 5.91 Å². The molecule has 1 atom stereocenters. The topological polar surface area (TPSA) is 108 Å². The SMILES string of the molecule is Cc1[nH]c(=O)[nH]c(=O)c1CCC(=O)NC(c1ccccc1)c1ccccn1. The molecule has 0 bridgehead atoms. The van der Waals surface area contributed by atoms with E-state index in [9.17, 15) is 14.4 Å². The van der Waals surface area contributed by atoms with Gasteiger partial charge in [0.15, 0.2) is 0 Å². The lowest BCUT2D eigenvalue weighted by molar-refractivity contribution is -0.121. The molecule has 3 N–H and O–H groups in total. The summed E-state index contributed by atoms with van der Waals surface area (Å²) in [7, 11) is 0. The molecule has 27 heavy (non-hydrogen) atoms. The van der Waals surface area contributed by atoms with Crippen molar-refractivity contribution in [3.05, 3.63) is 98.1 Å². The monoisotopic (exact) mass is 364 g/mol. The molecule has 1 unspecified atom stereocenters. The van der Waals surface area contributed by atoms with Crippen LogP contribution in [-0.2, 0) is 11.2 Å². The first-order chi connectivity index (χ1) is 13.0. The predicted molar refractivity (Wildman–Crippen MR) is 101 cm³/mol. The maximum absolute atomic E-state index is 12.5. The van der Waals surface area contributed by atoms with Crippen molar-refractivity contribution in [2.75, 3.05) is 0 Å². The zero-order valence-electron chi connectivity index (χ0n) is 14.9. The summed E-state index contributed by atoms with van der Waals surface area (Å²) in [5.74, 6) is -0.209. The number of pyridine rings is 1. The van der Waals surface area contributed by atoms with Crippen LogP contribution in [0.5, 0.6) is 0 Å². The lowest BCUT2D eigenvalue weighted by Gasteiger charge is -2.19. The molecular formula is C20H20N4O3. The van der Waals surface area contributed by atoms with Gasteiger partial charge >= 0.3 is 5.69 Å². The standard InChI is InChI=1S/C20H20N4O3/c1-13-15(19(26)24-20(27)22-13)10-11-17(25)23-18(14-7-3-2-4-8-14)16-9-5-6-12-21-16/h2-9,12,18H,10-11H2,1H3,(H,23,25)(H2,22,24,26,27). The second kappa shape index (κ2) is 8.27. The summed E-state index contributed by atoms with van der Waals surface area (Å²) in [6, 6.07) is 14.7. The highest BCUT2D eigenvalue weighted by Crippen LogP contribution is 2.20. The van der Waals surface area contributed by atoms with Crippen molar-refractivity contribution in [2.45, 2.75) is 25.8 Å². The number of aromatic amines is 2. The first-order valence-electron chi connectivity index (χ1n) is 8.62. The Labute approximate surface area is 155 Å². The van der Waals surface area contributed by atoms with Crippen LogP contribution in [0.3, 0.4) is 0 Å². The lowest BCUT2D eigenvalue weighted by Crippen LogP contribution is -2.31. The Kier molecular flexibility index (Phi) is 5.61. The molecule has 0 radical (unpaired) electrons. The molecule has 2 heterocycles. The number of benzene rings is 1. The van der Waals surface area contributed by atoms with Crippen LogP contribution >= 0.6 is 0 Å². The van der Waals surface area contributed by atoms with Crippen LogP contribution in [0, 0.1) is 6.92 Å². The molecule has 7 nitrogen and oxygen atoms in total. The van der Waals surface area contributed by atoms with Crippen LogP contribution in [0.15, 0.2) is 64.3 Å². The molecule has 138 valence electrons. The maximum Gasteiger partial charge on any atom is 0.325 e. The fraction of sp³-hybridized carbons (Fsp3) is 0.200. The van der Waals surface area contributed by atoms with Crippen LogP contribution in [0.25, 0.3) is 0 Å². The zero-order chi connectivity index (χ0) is 19.2. The minimum absolute atomic E-state index is 0.117. The van der Waals surface area contributed by atoms with Gasteiger partial charge in [-0.3, -0.25) is 19.6 Å². The second-order valence-electron chi connectivity index (χ2n) is 6.18. The molecule has 1 aromatic carbocycles. The largest absolute Gasteiger partial charge is 0.344 e. The Morgan fingerprint density at radius 1 is 1.07 bits per heavy atom. The van der Waals surface area contributed by atoms with Gasteiger partial charge in [-0.15, -0.1) is 0 Å². The average molecular weight is 364 g/mol. The van der Waals surface area contributed by atoms with E-state index in [0.717, 1.165) is 11.3 Å². The Balaban J connectivity index is 1.76. The summed E-state index contributed by atoms with van der Waals surface area (Å²) in [4.78, 5) is 44.8. The minimum atomic E-state index is -0.551. The number of amides is 1. The Hall–Kier alpha value is -3.48. The van der Waals surface area contributed by atoms with Crippen molar-refractivity contribution >= 4 is 5.91 Å². The normalized spacial score (nSPS) is 11.7. The summed E-state index contributed by atoms with van der Waals surface area (Å²) in [5.41, 5.74) is 1.51. The van der Waals surface area contributed by atoms with Crippen molar-refractivity contribution in [2.24, 2.45) is 0 Å². The molecule has 2 aromatic heterocycles. The van der Waals surface area contributed by atoms with Crippen LogP contribution in [0.4, 0.5) is 0 Å². The van der Waals surface area contributed by atoms with Crippen LogP contribution in [0.1, 0.15) is 35.0 Å². The number of carbonyl (C=O) groups is 1. The van der Waals surface area contributed by atoms with Crippen molar-refractivity contribution in [3.63, 3.8) is 0 Å². The van der Waals surface area contributed by atoms with Gasteiger partial charge in [0.25, 0.3) is 5.56 Å². The first-order valence-corrected chi connectivity index (χ1v) is 8.62. The van der Waals surface area contributed by atoms with E-state index in [4.69, 9.17) is 0 Å². The van der Waals surface area contributed by atoms with E-state index in [-0.39, 0.29) is 24.8 Å². The van der Waals surface area contributed by atoms with Crippen molar-refractivity contribution in [3.8, 4) is 0 Å². The van der Waals surface area contributed by atoms with Gasteiger partial charge in [0.1, 0.15) is 0 Å². The van der Waals surface area contributed by atoms with Crippen LogP contribution in [0.2, 0.25) is 0 Å². The number of nitrogens with one attached hydrogen (secondary N) is 3. The molecular weight excluding hydrogens is 344 g/mol. The van der Waals surface area contributed by atoms with Gasteiger partial charge in [-0.2, -0.15) is 0 Å². The fourth-order valence-electron chi connectivity index (χ4n) is 2.92. The van der Waals surface area contributed by atoms with Gasteiger partial charge in [-0.25, -0.2) is 4.79 Å². The number of nitrogens with zero attached hydrogens (tertiary/aromatic N) is 1. The lowest BCUT2D eigenvalue weighted by atomic mass is 10.0. The number of hydrogen-bond donors (Lipinski definition) is 3. The summed E-state index contributed by atoms with van der Waals surface area (Å²) in [6.07, 6.45) is 2.03. The average Bonchev–Trinajstić information content (AvgIpc) is 2.66. The number of aryl methyl sites for hydroxylation is 1. The third-order valence-corrected chi connectivity index (χ3v) is 4.28. The van der Waals surface area contributed by atoms with Crippen LogP contribution < -0.4 is 16.6 Å². The fourth-order valence-corrected chi connectivity index (χ4v) is 2.92. The van der Waals surface area contributed by atoms with Gasteiger partial charge < -0.3 is 10.3 Å². The van der Waals surface area contributed by atoms with Crippen molar-refractivity contribution in [1.29, 1.82) is 0 Å². The van der Waals surface area contributed by atoms with E-state index in [1.54, 1.807) is 13.1 Å².